The first-order chi connectivity index (χ1) is 7.64. The number of nitrogens with one attached hydrogen (secondary N) is 2. The molecule has 0 atom stereocenters. The van der Waals surface area contributed by atoms with Gasteiger partial charge in [-0.15, -0.1) is 0 Å². The van der Waals surface area contributed by atoms with Crippen molar-refractivity contribution >= 4 is 11.8 Å². The Morgan fingerprint density at radius 1 is 1.06 bits per heavy atom. The Morgan fingerprint density at radius 3 is 1.71 bits per heavy atom. The molecule has 0 heterocycles. The molecule has 4 heteroatoms. The number of carbonyl (C=O) groups excluding carboxylic acids is 2. The van der Waals surface area contributed by atoms with Crippen LogP contribution < -0.4 is 10.6 Å². The maximum atomic E-state index is 10.7. The second-order valence-corrected chi connectivity index (χ2v) is 5.08. The molecular formula is C13H26N2O2. The SMILES string of the molecule is CNC(=O)/C=C/C(C)(C)C.CNC(=O)C(C)C. The number of likely N-dealkylation sites (N-methyl/N-ethyl adjacent to an activating group) is 1. The van der Waals surface area contributed by atoms with Crippen molar-refractivity contribution in [3.05, 3.63) is 12.2 Å². The van der Waals surface area contributed by atoms with Crippen molar-refractivity contribution in [3.8, 4) is 0 Å². The zero-order valence-electron chi connectivity index (χ0n) is 12.0. The number of rotatable bonds is 2. The fourth-order valence-corrected chi connectivity index (χ4v) is 0.698. The standard InChI is InChI=1S/C8H15NO.C5H11NO/c1-8(2,3)6-5-7(10)9-4;1-4(2)5(7)6-3/h5-6H,1-4H3,(H,9,10);4H,1-3H3,(H,6,7)/b6-5+;. The van der Waals surface area contributed by atoms with E-state index in [1.807, 2.05) is 40.7 Å². The lowest BCUT2D eigenvalue weighted by Crippen LogP contribution is -2.22. The topological polar surface area (TPSA) is 58.2 Å². The lowest BCUT2D eigenvalue weighted by molar-refractivity contribution is -0.123. The van der Waals surface area contributed by atoms with E-state index in [1.54, 1.807) is 20.2 Å². The van der Waals surface area contributed by atoms with Crippen LogP contribution in [0.25, 0.3) is 0 Å². The van der Waals surface area contributed by atoms with E-state index in [2.05, 4.69) is 10.6 Å². The van der Waals surface area contributed by atoms with Crippen LogP contribution in [0.2, 0.25) is 0 Å². The molecule has 0 saturated carbocycles. The van der Waals surface area contributed by atoms with Crippen LogP contribution in [0.1, 0.15) is 34.6 Å². The van der Waals surface area contributed by atoms with Crippen LogP contribution in [0.15, 0.2) is 12.2 Å². The van der Waals surface area contributed by atoms with Crippen LogP contribution in [0.3, 0.4) is 0 Å². The Bertz CT molecular complexity index is 263. The Kier molecular flexibility index (Phi) is 9.33. The van der Waals surface area contributed by atoms with Gasteiger partial charge in [0.2, 0.25) is 11.8 Å². The maximum absolute atomic E-state index is 10.7. The lowest BCUT2D eigenvalue weighted by Gasteiger charge is -2.10. The van der Waals surface area contributed by atoms with Crippen LogP contribution in [0, 0.1) is 11.3 Å². The van der Waals surface area contributed by atoms with E-state index in [1.165, 1.54) is 0 Å². The summed E-state index contributed by atoms with van der Waals surface area (Å²) in [5, 5.41) is 5.04. The molecule has 0 aliphatic carbocycles. The van der Waals surface area contributed by atoms with Gasteiger partial charge in [-0.05, 0) is 11.5 Å². The second kappa shape index (κ2) is 8.79. The molecule has 0 bridgehead atoms. The summed E-state index contributed by atoms with van der Waals surface area (Å²) >= 11 is 0. The van der Waals surface area contributed by atoms with Gasteiger partial charge < -0.3 is 10.6 Å². The molecule has 0 aromatic rings. The minimum absolute atomic E-state index is 0.0464. The van der Waals surface area contributed by atoms with E-state index in [4.69, 9.17) is 0 Å². The minimum atomic E-state index is -0.0464. The highest BCUT2D eigenvalue weighted by atomic mass is 16.2. The summed E-state index contributed by atoms with van der Waals surface area (Å²) in [4.78, 5) is 21.1. The number of allylic oxidation sites excluding steroid dienone is 1. The van der Waals surface area contributed by atoms with E-state index in [-0.39, 0.29) is 23.1 Å². The third kappa shape index (κ3) is 14.7. The largest absolute Gasteiger partial charge is 0.359 e. The van der Waals surface area contributed by atoms with Gasteiger partial charge in [0.05, 0.1) is 0 Å². The number of amides is 2. The van der Waals surface area contributed by atoms with Gasteiger partial charge >= 0.3 is 0 Å². The Balaban J connectivity index is 0. The molecular weight excluding hydrogens is 216 g/mol. The molecule has 100 valence electrons. The highest BCUT2D eigenvalue weighted by Crippen LogP contribution is 2.13. The molecule has 4 nitrogen and oxygen atoms in total. The average molecular weight is 242 g/mol. The summed E-state index contributed by atoms with van der Waals surface area (Å²) in [5.41, 5.74) is 0.0898. The minimum Gasteiger partial charge on any atom is -0.359 e. The summed E-state index contributed by atoms with van der Waals surface area (Å²) in [6.45, 7) is 9.86. The first-order valence-electron chi connectivity index (χ1n) is 5.76. The van der Waals surface area contributed by atoms with Crippen molar-refractivity contribution in [1.82, 2.24) is 10.6 Å². The first-order valence-corrected chi connectivity index (χ1v) is 5.76. The van der Waals surface area contributed by atoms with E-state index in [9.17, 15) is 9.59 Å². The van der Waals surface area contributed by atoms with Crippen LogP contribution in [0.5, 0.6) is 0 Å². The summed E-state index contributed by atoms with van der Waals surface area (Å²) in [6.07, 6.45) is 3.44. The van der Waals surface area contributed by atoms with Crippen molar-refractivity contribution in [3.63, 3.8) is 0 Å². The predicted molar refractivity (Wildman–Crippen MR) is 71.6 cm³/mol. The first kappa shape index (κ1) is 18.1. The Morgan fingerprint density at radius 2 is 1.53 bits per heavy atom. The fourth-order valence-electron chi connectivity index (χ4n) is 0.698. The van der Waals surface area contributed by atoms with Gasteiger partial charge in [0.15, 0.2) is 0 Å². The molecule has 0 aliphatic rings. The van der Waals surface area contributed by atoms with Gasteiger partial charge in [-0.25, -0.2) is 0 Å². The molecule has 0 aromatic heterocycles. The van der Waals surface area contributed by atoms with E-state index in [0.717, 1.165) is 0 Å². The molecule has 0 aliphatic heterocycles. The molecule has 0 saturated heterocycles. The van der Waals surface area contributed by atoms with Crippen LogP contribution in [-0.4, -0.2) is 25.9 Å². The maximum Gasteiger partial charge on any atom is 0.243 e. The molecule has 0 unspecified atom stereocenters. The van der Waals surface area contributed by atoms with Gasteiger partial charge in [0.1, 0.15) is 0 Å². The van der Waals surface area contributed by atoms with Crippen molar-refractivity contribution in [2.45, 2.75) is 34.6 Å². The van der Waals surface area contributed by atoms with E-state index < -0.39 is 0 Å². The normalized spacial score (nSPS) is 10.8. The van der Waals surface area contributed by atoms with Crippen LogP contribution >= 0.6 is 0 Å². The van der Waals surface area contributed by atoms with Crippen molar-refractivity contribution in [2.75, 3.05) is 14.1 Å². The van der Waals surface area contributed by atoms with Crippen molar-refractivity contribution in [2.24, 2.45) is 11.3 Å². The summed E-state index contributed by atoms with van der Waals surface area (Å²) in [6, 6.07) is 0. The van der Waals surface area contributed by atoms with Crippen molar-refractivity contribution < 1.29 is 9.59 Å². The van der Waals surface area contributed by atoms with Gasteiger partial charge in [-0.3, -0.25) is 9.59 Å². The third-order valence-corrected chi connectivity index (χ3v) is 1.75. The zero-order valence-corrected chi connectivity index (χ0v) is 12.0. The van der Waals surface area contributed by atoms with Crippen molar-refractivity contribution in [1.29, 1.82) is 0 Å². The number of hydrogen-bond acceptors (Lipinski definition) is 2. The van der Waals surface area contributed by atoms with E-state index in [0.29, 0.717) is 0 Å². The summed E-state index contributed by atoms with van der Waals surface area (Å²) < 4.78 is 0. The summed E-state index contributed by atoms with van der Waals surface area (Å²) in [7, 11) is 3.26. The smallest absolute Gasteiger partial charge is 0.243 e. The molecule has 0 aromatic carbocycles. The quantitative estimate of drug-likeness (QED) is 0.724. The molecule has 0 spiro atoms. The highest BCUT2D eigenvalue weighted by Gasteiger charge is 2.04. The van der Waals surface area contributed by atoms with E-state index >= 15 is 0 Å². The van der Waals surface area contributed by atoms with Gasteiger partial charge in [-0.2, -0.15) is 0 Å². The third-order valence-electron chi connectivity index (χ3n) is 1.75. The molecule has 0 rings (SSSR count). The lowest BCUT2D eigenvalue weighted by atomic mass is 9.96. The second-order valence-electron chi connectivity index (χ2n) is 5.08. The highest BCUT2D eigenvalue weighted by molar-refractivity contribution is 5.87. The zero-order chi connectivity index (χ0) is 14.1. The monoisotopic (exact) mass is 242 g/mol. The summed E-state index contributed by atoms with van der Waals surface area (Å²) in [5.74, 6) is 0.167. The average Bonchev–Trinajstić information content (AvgIpc) is 2.24. The van der Waals surface area contributed by atoms with Crippen LogP contribution in [-0.2, 0) is 9.59 Å². The van der Waals surface area contributed by atoms with Gasteiger partial charge in [-0.1, -0.05) is 40.7 Å². The van der Waals surface area contributed by atoms with Crippen LogP contribution in [0.4, 0.5) is 0 Å². The molecule has 17 heavy (non-hydrogen) atoms. The Hall–Kier alpha value is -1.32. The molecule has 0 radical (unpaired) electrons. The number of hydrogen-bond donors (Lipinski definition) is 2. The Labute approximate surface area is 105 Å². The number of carbonyl (C=O) groups is 2. The molecule has 2 N–H and O–H groups in total. The fraction of sp³-hybridized carbons (Fsp3) is 0.692. The van der Waals surface area contributed by atoms with Gasteiger partial charge in [0, 0.05) is 20.0 Å². The molecule has 0 fully saturated rings. The predicted octanol–water partition coefficient (Wildman–Crippen LogP) is 1.72. The van der Waals surface area contributed by atoms with Gasteiger partial charge in [0.25, 0.3) is 0 Å². The molecule has 2 amide bonds.